The molecule has 168 valence electrons. The van der Waals surface area contributed by atoms with Crippen LogP contribution in [0.2, 0.25) is 0 Å². The molecule has 0 N–H and O–H groups in total. The van der Waals surface area contributed by atoms with E-state index in [1.165, 1.54) is 12.1 Å². The van der Waals surface area contributed by atoms with Gasteiger partial charge in [-0.3, -0.25) is 4.90 Å². The Hall–Kier alpha value is -1.74. The topological polar surface area (TPSA) is 46.6 Å². The zero-order valence-corrected chi connectivity index (χ0v) is 21.2. The summed E-state index contributed by atoms with van der Waals surface area (Å²) in [6.45, 7) is 2.18. The molecule has 1 saturated heterocycles. The van der Waals surface area contributed by atoms with Crippen molar-refractivity contribution in [3.63, 3.8) is 0 Å². The van der Waals surface area contributed by atoms with Gasteiger partial charge in [-0.2, -0.15) is 0 Å². The second-order valence-corrected chi connectivity index (χ2v) is 11.7. The molecule has 4 rings (SSSR count). The molecule has 4 nitrogen and oxygen atoms in total. The first-order chi connectivity index (χ1) is 15.3. The van der Waals surface area contributed by atoms with Crippen LogP contribution in [0.1, 0.15) is 11.1 Å². The summed E-state index contributed by atoms with van der Waals surface area (Å²) in [6.07, 6.45) is 0. The van der Waals surface area contributed by atoms with Crippen LogP contribution < -0.4 is 4.74 Å². The third-order valence-electron chi connectivity index (χ3n) is 5.44. The Labute approximate surface area is 204 Å². The van der Waals surface area contributed by atoms with Gasteiger partial charge >= 0.3 is 0 Å². The number of sulfone groups is 1. The van der Waals surface area contributed by atoms with Gasteiger partial charge in [0.1, 0.15) is 18.2 Å². The Morgan fingerprint density at radius 1 is 0.969 bits per heavy atom. The first-order valence-corrected chi connectivity index (χ1v) is 13.6. The quantitative estimate of drug-likeness (QED) is 0.367. The highest BCUT2D eigenvalue weighted by Crippen LogP contribution is 2.33. The van der Waals surface area contributed by atoms with Gasteiger partial charge in [0.25, 0.3) is 0 Å². The van der Waals surface area contributed by atoms with Crippen molar-refractivity contribution >= 4 is 41.7 Å². The van der Waals surface area contributed by atoms with E-state index in [4.69, 9.17) is 4.74 Å². The monoisotopic (exact) mass is 581 g/mol. The Morgan fingerprint density at radius 2 is 1.72 bits per heavy atom. The maximum absolute atomic E-state index is 13.6. The third-order valence-corrected chi connectivity index (χ3v) is 8.60. The lowest BCUT2D eigenvalue weighted by Crippen LogP contribution is -2.39. The minimum atomic E-state index is -2.88. The summed E-state index contributed by atoms with van der Waals surface area (Å²) in [5, 5.41) is 0. The van der Waals surface area contributed by atoms with E-state index in [2.05, 4.69) is 36.8 Å². The summed E-state index contributed by atoms with van der Waals surface area (Å²) in [5.74, 6) is 0.891. The average Bonchev–Trinajstić information content (AvgIpc) is 2.75. The van der Waals surface area contributed by atoms with Crippen LogP contribution in [-0.2, 0) is 23.0 Å². The molecule has 0 spiro atoms. The van der Waals surface area contributed by atoms with Crippen LogP contribution in [0.15, 0.2) is 69.6 Å². The second kappa shape index (κ2) is 10.0. The summed E-state index contributed by atoms with van der Waals surface area (Å²) < 4.78 is 44.6. The van der Waals surface area contributed by atoms with Crippen molar-refractivity contribution in [3.05, 3.63) is 86.6 Å². The van der Waals surface area contributed by atoms with Crippen LogP contribution in [0.5, 0.6) is 5.75 Å². The third kappa shape index (κ3) is 5.78. The van der Waals surface area contributed by atoms with E-state index in [1.807, 2.05) is 42.5 Å². The molecule has 8 heteroatoms. The van der Waals surface area contributed by atoms with E-state index in [-0.39, 0.29) is 17.3 Å². The maximum atomic E-state index is 13.6. The lowest BCUT2D eigenvalue weighted by molar-refractivity contribution is 0.286. The molecule has 32 heavy (non-hydrogen) atoms. The van der Waals surface area contributed by atoms with E-state index in [9.17, 15) is 12.8 Å². The van der Waals surface area contributed by atoms with Gasteiger partial charge in [-0.1, -0.05) is 36.4 Å². The number of hydrogen-bond donors (Lipinski definition) is 0. The average molecular weight is 583 g/mol. The van der Waals surface area contributed by atoms with Crippen LogP contribution >= 0.6 is 31.9 Å². The standard InChI is InChI=1S/C24H22Br2FNO3S/c25-22-13-17(15-28-9-11-32(29,30)12-10-28)7-8-23(22)31-16-19-4-2-6-21(24(19)26)18-3-1-5-20(27)14-18/h1-8,13-14H,9-12,15-16H2. The fourth-order valence-electron chi connectivity index (χ4n) is 3.65. The zero-order chi connectivity index (χ0) is 22.7. The molecule has 0 unspecified atom stereocenters. The second-order valence-electron chi connectivity index (χ2n) is 7.77. The molecule has 1 fully saturated rings. The summed E-state index contributed by atoms with van der Waals surface area (Å²) >= 11 is 7.24. The van der Waals surface area contributed by atoms with Crippen LogP contribution in [-0.4, -0.2) is 37.9 Å². The summed E-state index contributed by atoms with van der Waals surface area (Å²) in [5.41, 5.74) is 3.76. The predicted octanol–water partition coefficient (Wildman–Crippen LogP) is 5.83. The highest BCUT2D eigenvalue weighted by atomic mass is 79.9. The van der Waals surface area contributed by atoms with E-state index in [1.54, 1.807) is 6.07 Å². The fourth-order valence-corrected chi connectivity index (χ4v) is 6.08. The van der Waals surface area contributed by atoms with Crippen molar-refractivity contribution in [1.82, 2.24) is 4.90 Å². The Kier molecular flexibility index (Phi) is 7.34. The smallest absolute Gasteiger partial charge is 0.152 e. The van der Waals surface area contributed by atoms with Gasteiger partial charge < -0.3 is 4.74 Å². The Bertz CT molecular complexity index is 1220. The molecule has 0 saturated carbocycles. The normalized spacial score (nSPS) is 16.1. The van der Waals surface area contributed by atoms with Gasteiger partial charge in [0.05, 0.1) is 16.0 Å². The molecular weight excluding hydrogens is 561 g/mol. The molecular formula is C24H22Br2FNO3S. The molecule has 1 aliphatic rings. The number of nitrogens with zero attached hydrogens (tertiary/aromatic N) is 1. The number of hydrogen-bond acceptors (Lipinski definition) is 4. The summed E-state index contributed by atoms with van der Waals surface area (Å²) in [7, 11) is -2.88. The Morgan fingerprint density at radius 3 is 2.44 bits per heavy atom. The van der Waals surface area contributed by atoms with E-state index in [0.717, 1.165) is 36.9 Å². The van der Waals surface area contributed by atoms with Crippen LogP contribution in [0.3, 0.4) is 0 Å². The molecule has 0 bridgehead atoms. The number of ether oxygens (including phenoxy) is 1. The molecule has 0 atom stereocenters. The van der Waals surface area contributed by atoms with Gasteiger partial charge in [0.2, 0.25) is 0 Å². The van der Waals surface area contributed by atoms with E-state index < -0.39 is 9.84 Å². The van der Waals surface area contributed by atoms with Crippen molar-refractivity contribution in [2.24, 2.45) is 0 Å². The maximum Gasteiger partial charge on any atom is 0.152 e. The van der Waals surface area contributed by atoms with Crippen molar-refractivity contribution in [2.75, 3.05) is 24.6 Å². The van der Waals surface area contributed by atoms with E-state index in [0.29, 0.717) is 26.2 Å². The van der Waals surface area contributed by atoms with Gasteiger partial charge in [0, 0.05) is 29.7 Å². The lowest BCUT2D eigenvalue weighted by atomic mass is 10.0. The zero-order valence-electron chi connectivity index (χ0n) is 17.2. The number of rotatable bonds is 6. The van der Waals surface area contributed by atoms with E-state index >= 15 is 0 Å². The molecule has 0 aromatic heterocycles. The predicted molar refractivity (Wildman–Crippen MR) is 132 cm³/mol. The van der Waals surface area contributed by atoms with Crippen LogP contribution in [0.25, 0.3) is 11.1 Å². The fraction of sp³-hybridized carbons (Fsp3) is 0.250. The lowest BCUT2D eigenvalue weighted by Gasteiger charge is -2.26. The number of halogens is 3. The largest absolute Gasteiger partial charge is 0.488 e. The highest BCUT2D eigenvalue weighted by molar-refractivity contribution is 9.11. The molecule has 0 amide bonds. The van der Waals surface area contributed by atoms with Crippen LogP contribution in [0, 0.1) is 5.82 Å². The van der Waals surface area contributed by atoms with Gasteiger partial charge in [-0.05, 0) is 72.8 Å². The van der Waals surface area contributed by atoms with Crippen molar-refractivity contribution in [2.45, 2.75) is 13.2 Å². The molecule has 1 aliphatic heterocycles. The minimum Gasteiger partial charge on any atom is -0.488 e. The molecule has 0 aliphatic carbocycles. The minimum absolute atomic E-state index is 0.221. The number of benzene rings is 3. The molecule has 3 aromatic rings. The van der Waals surface area contributed by atoms with Crippen molar-refractivity contribution < 1.29 is 17.5 Å². The summed E-state index contributed by atoms with van der Waals surface area (Å²) in [4.78, 5) is 2.15. The van der Waals surface area contributed by atoms with Gasteiger partial charge in [0.15, 0.2) is 9.84 Å². The first kappa shape index (κ1) is 23.4. The van der Waals surface area contributed by atoms with Crippen molar-refractivity contribution in [3.8, 4) is 16.9 Å². The van der Waals surface area contributed by atoms with Crippen LogP contribution in [0.4, 0.5) is 4.39 Å². The molecule has 3 aromatic carbocycles. The van der Waals surface area contributed by atoms with Gasteiger partial charge in [-0.15, -0.1) is 0 Å². The SMILES string of the molecule is O=S1(=O)CCN(Cc2ccc(OCc3cccc(-c4cccc(F)c4)c3Br)c(Br)c2)CC1. The molecule has 0 radical (unpaired) electrons. The first-order valence-electron chi connectivity index (χ1n) is 10.2. The molecule has 1 heterocycles. The Balaban J connectivity index is 1.43. The van der Waals surface area contributed by atoms with Gasteiger partial charge in [-0.25, -0.2) is 12.8 Å². The highest BCUT2D eigenvalue weighted by Gasteiger charge is 2.21. The summed E-state index contributed by atoms with van der Waals surface area (Å²) in [6, 6.07) is 18.3. The van der Waals surface area contributed by atoms with Crippen molar-refractivity contribution in [1.29, 1.82) is 0 Å².